The van der Waals surface area contributed by atoms with Crippen LogP contribution in [0.4, 0.5) is 5.69 Å². The van der Waals surface area contributed by atoms with Crippen molar-refractivity contribution >= 4 is 57.6 Å². The molecular weight excluding hydrogens is 655 g/mol. The number of alkyl halides is 1. The summed E-state index contributed by atoms with van der Waals surface area (Å²) in [7, 11) is 0. The van der Waals surface area contributed by atoms with Crippen molar-refractivity contribution in [2.75, 3.05) is 36.2 Å². The summed E-state index contributed by atoms with van der Waals surface area (Å²) >= 11 is 2.05. The summed E-state index contributed by atoms with van der Waals surface area (Å²) in [4.78, 5) is 61.3. The van der Waals surface area contributed by atoms with E-state index in [-0.39, 0.29) is 55.4 Å². The minimum absolute atomic E-state index is 0.0593. The lowest BCUT2D eigenvalue weighted by Gasteiger charge is -2.22. The lowest BCUT2D eigenvalue weighted by molar-refractivity contribution is -0.154. The van der Waals surface area contributed by atoms with Crippen molar-refractivity contribution in [3.63, 3.8) is 0 Å². The van der Waals surface area contributed by atoms with Crippen molar-refractivity contribution in [2.24, 2.45) is 17.3 Å². The second kappa shape index (κ2) is 19.7. The molecule has 0 bridgehead atoms. The number of nitrogens with one attached hydrogen (secondary N) is 2. The number of halogens is 1. The van der Waals surface area contributed by atoms with Crippen LogP contribution in [0, 0.1) is 17.3 Å². The van der Waals surface area contributed by atoms with Gasteiger partial charge in [-0.25, -0.2) is 0 Å². The van der Waals surface area contributed by atoms with Crippen molar-refractivity contribution < 1.29 is 38.2 Å². The Bertz CT molecular complexity index is 1020. The maximum Gasteiger partial charge on any atom is 0.311 e. The number of benzene rings is 1. The van der Waals surface area contributed by atoms with Crippen LogP contribution in [0.5, 0.6) is 0 Å². The number of ketones is 2. The molecule has 0 unspecified atom stereocenters. The van der Waals surface area contributed by atoms with E-state index in [1.807, 2.05) is 36.4 Å². The molecule has 2 N–H and O–H groups in total. The number of hydrogen-bond donors (Lipinski definition) is 2. The molecule has 236 valence electrons. The molecule has 2 amide bonds. The molecule has 0 fully saturated rings. The molecule has 0 spiro atoms. The van der Waals surface area contributed by atoms with Crippen LogP contribution in [-0.2, 0) is 44.8 Å². The number of Topliss-reactive ketones (excluding diaryl/α,β-unsaturated/α-hetero) is 2. The van der Waals surface area contributed by atoms with Crippen molar-refractivity contribution in [1.82, 2.24) is 5.32 Å². The normalized spacial score (nSPS) is 12.9. The van der Waals surface area contributed by atoms with Crippen LogP contribution in [0.25, 0.3) is 0 Å². The van der Waals surface area contributed by atoms with E-state index in [4.69, 9.17) is 14.2 Å². The average Bonchev–Trinajstić information content (AvgIpc) is 2.93. The first-order valence-electron chi connectivity index (χ1n) is 14.4. The van der Waals surface area contributed by atoms with Gasteiger partial charge in [0, 0.05) is 37.5 Å². The molecule has 11 heteroatoms. The second-order valence-electron chi connectivity index (χ2n) is 11.6. The topological polar surface area (TPSA) is 137 Å². The zero-order chi connectivity index (χ0) is 31.7. The fourth-order valence-electron chi connectivity index (χ4n) is 3.61. The average molecular weight is 703 g/mol. The van der Waals surface area contributed by atoms with Crippen molar-refractivity contribution in [3.05, 3.63) is 29.8 Å². The monoisotopic (exact) mass is 702 g/mol. The third-order valence-electron chi connectivity index (χ3n) is 6.34. The molecular formula is C31H47IN2O8. The van der Waals surface area contributed by atoms with Gasteiger partial charge >= 0.3 is 5.97 Å². The number of esters is 1. The van der Waals surface area contributed by atoms with Crippen LogP contribution >= 0.6 is 22.6 Å². The van der Waals surface area contributed by atoms with Crippen LogP contribution < -0.4 is 10.6 Å². The van der Waals surface area contributed by atoms with E-state index in [0.29, 0.717) is 42.8 Å². The molecule has 1 rings (SSSR count). The van der Waals surface area contributed by atoms with Crippen LogP contribution in [0.2, 0.25) is 0 Å². The summed E-state index contributed by atoms with van der Waals surface area (Å²) in [5, 5.41) is 5.49. The molecule has 0 saturated carbocycles. The molecule has 2 atom stereocenters. The first kappa shape index (κ1) is 37.6. The number of carbonyl (C=O) groups excluding carboxylic acids is 5. The fraction of sp³-hybridized carbons (Fsp3) is 0.645. The number of anilines is 1. The summed E-state index contributed by atoms with van der Waals surface area (Å²) in [6.45, 7) is 12.3. The predicted molar refractivity (Wildman–Crippen MR) is 169 cm³/mol. The third-order valence-corrected chi connectivity index (χ3v) is 7.19. The minimum atomic E-state index is -0.815. The van der Waals surface area contributed by atoms with E-state index >= 15 is 0 Å². The quantitative estimate of drug-likeness (QED) is 0.0867. The number of ether oxygens (including phenoxy) is 3. The van der Waals surface area contributed by atoms with Crippen molar-refractivity contribution in [3.8, 4) is 0 Å². The fourth-order valence-corrected chi connectivity index (χ4v) is 3.99. The van der Waals surface area contributed by atoms with Gasteiger partial charge in [-0.15, -0.1) is 0 Å². The van der Waals surface area contributed by atoms with Gasteiger partial charge in [-0.05, 0) is 57.7 Å². The molecule has 0 aliphatic carbocycles. The lowest BCUT2D eigenvalue weighted by atomic mass is 9.89. The first-order valence-corrected chi connectivity index (χ1v) is 15.9. The highest BCUT2D eigenvalue weighted by atomic mass is 127. The summed E-state index contributed by atoms with van der Waals surface area (Å²) < 4.78 is 16.7. The maximum atomic E-state index is 12.9. The van der Waals surface area contributed by atoms with Crippen LogP contribution in [-0.4, -0.2) is 66.2 Å². The van der Waals surface area contributed by atoms with Gasteiger partial charge in [0.25, 0.3) is 0 Å². The third kappa shape index (κ3) is 15.7. The number of amides is 2. The Morgan fingerprint density at radius 1 is 0.833 bits per heavy atom. The Morgan fingerprint density at radius 2 is 1.45 bits per heavy atom. The van der Waals surface area contributed by atoms with E-state index in [2.05, 4.69) is 10.6 Å². The predicted octanol–water partition coefficient (Wildman–Crippen LogP) is 4.66. The Hall–Kier alpha value is -2.38. The molecule has 0 aliphatic rings. The number of rotatable bonds is 20. The van der Waals surface area contributed by atoms with Gasteiger partial charge in [0.15, 0.2) is 0 Å². The van der Waals surface area contributed by atoms with Crippen molar-refractivity contribution in [1.29, 1.82) is 0 Å². The highest BCUT2D eigenvalue weighted by Crippen LogP contribution is 2.19. The highest BCUT2D eigenvalue weighted by molar-refractivity contribution is 14.1. The lowest BCUT2D eigenvalue weighted by Crippen LogP contribution is -2.45. The number of hydrogen-bond acceptors (Lipinski definition) is 8. The molecule has 42 heavy (non-hydrogen) atoms. The second-order valence-corrected chi connectivity index (χ2v) is 12.3. The molecule has 0 aromatic heterocycles. The highest BCUT2D eigenvalue weighted by Gasteiger charge is 2.27. The maximum absolute atomic E-state index is 12.9. The van der Waals surface area contributed by atoms with Crippen LogP contribution in [0.1, 0.15) is 72.8 Å². The minimum Gasteiger partial charge on any atom is -0.460 e. The van der Waals surface area contributed by atoms with E-state index in [0.717, 1.165) is 5.56 Å². The SMILES string of the molecule is CC(C)[C@H](CC(=O)CCOCCOCCCC(=O)CI)C(=O)N[C@@H](C)C(=O)Nc1ccc(COC(=O)C(C)(C)C)cc1. The van der Waals surface area contributed by atoms with Gasteiger partial charge in [0.05, 0.1) is 29.7 Å². The first-order chi connectivity index (χ1) is 19.7. The van der Waals surface area contributed by atoms with Gasteiger partial charge in [-0.3, -0.25) is 24.0 Å². The molecule has 0 aliphatic heterocycles. The molecule has 0 saturated heterocycles. The summed E-state index contributed by atoms with van der Waals surface area (Å²) in [6, 6.07) is 6.09. The molecule has 0 heterocycles. The molecule has 10 nitrogen and oxygen atoms in total. The standard InChI is InChI=1S/C31H47IN2O8/c1-21(2)27(18-25(35)13-15-41-17-16-40-14-7-8-26(36)19-32)29(38)33-22(3)28(37)34-24-11-9-23(10-12-24)20-42-30(39)31(4,5)6/h9-12,21-22,27H,7-8,13-20H2,1-6H3,(H,33,38)(H,34,37)/t22-,27-/m0/s1. The van der Waals surface area contributed by atoms with E-state index in [1.54, 1.807) is 52.0 Å². The zero-order valence-corrected chi connectivity index (χ0v) is 27.9. The van der Waals surface area contributed by atoms with E-state index in [9.17, 15) is 24.0 Å². The van der Waals surface area contributed by atoms with Gasteiger partial charge < -0.3 is 24.8 Å². The van der Waals surface area contributed by atoms with E-state index in [1.165, 1.54) is 0 Å². The molecule has 0 radical (unpaired) electrons. The van der Waals surface area contributed by atoms with Gasteiger partial charge in [-0.1, -0.05) is 48.6 Å². The smallest absolute Gasteiger partial charge is 0.311 e. The zero-order valence-electron chi connectivity index (χ0n) is 25.8. The molecule has 1 aromatic carbocycles. The van der Waals surface area contributed by atoms with Gasteiger partial charge in [-0.2, -0.15) is 0 Å². The van der Waals surface area contributed by atoms with Crippen molar-refractivity contribution in [2.45, 2.75) is 79.9 Å². The Balaban J connectivity index is 2.41. The van der Waals surface area contributed by atoms with E-state index < -0.39 is 23.3 Å². The van der Waals surface area contributed by atoms with Gasteiger partial charge in [0.2, 0.25) is 11.8 Å². The Labute approximate surface area is 263 Å². The van der Waals surface area contributed by atoms with Crippen LogP contribution in [0.3, 0.4) is 0 Å². The van der Waals surface area contributed by atoms with Gasteiger partial charge in [0.1, 0.15) is 24.2 Å². The number of carbonyl (C=O) groups is 5. The largest absolute Gasteiger partial charge is 0.460 e. The van der Waals surface area contributed by atoms with Crippen LogP contribution in [0.15, 0.2) is 24.3 Å². The Kier molecular flexibility index (Phi) is 17.7. The Morgan fingerprint density at radius 3 is 2.02 bits per heavy atom. The summed E-state index contributed by atoms with van der Waals surface area (Å²) in [5.74, 6) is -1.60. The summed E-state index contributed by atoms with van der Waals surface area (Å²) in [6.07, 6.45) is 1.44. The summed E-state index contributed by atoms with van der Waals surface area (Å²) in [5.41, 5.74) is 0.740. The molecule has 1 aromatic rings.